The number of nitrogens with one attached hydrogen (secondary N) is 2. The SMILES string of the molecule is Cc1ccc(OCC(=O)NNC2=CC(=O)CC(C)(C)C2)cc1C. The molecule has 0 spiro atoms. The quantitative estimate of drug-likeness (QED) is 0.819. The molecule has 0 saturated carbocycles. The minimum Gasteiger partial charge on any atom is -0.484 e. The van der Waals surface area contributed by atoms with Gasteiger partial charge in [0.25, 0.3) is 5.91 Å². The molecular weight excluding hydrogens is 292 g/mol. The van der Waals surface area contributed by atoms with Crippen molar-refractivity contribution < 1.29 is 14.3 Å². The maximum absolute atomic E-state index is 11.8. The number of carbonyl (C=O) groups excluding carboxylic acids is 2. The zero-order valence-electron chi connectivity index (χ0n) is 14.2. The van der Waals surface area contributed by atoms with Crippen LogP contribution in [0.25, 0.3) is 0 Å². The molecule has 1 aliphatic rings. The second kappa shape index (κ2) is 6.86. The first-order chi connectivity index (χ1) is 10.7. The van der Waals surface area contributed by atoms with Crippen LogP contribution in [-0.2, 0) is 9.59 Å². The minimum absolute atomic E-state index is 0.0735. The molecule has 0 fully saturated rings. The number of hydrogen-bond acceptors (Lipinski definition) is 4. The Bertz CT molecular complexity index is 648. The average Bonchev–Trinajstić information content (AvgIpc) is 2.44. The molecule has 1 aromatic rings. The molecule has 23 heavy (non-hydrogen) atoms. The van der Waals surface area contributed by atoms with Crippen LogP contribution < -0.4 is 15.6 Å². The van der Waals surface area contributed by atoms with Gasteiger partial charge in [0.1, 0.15) is 5.75 Å². The fraction of sp³-hybridized carbons (Fsp3) is 0.444. The van der Waals surface area contributed by atoms with E-state index in [0.717, 1.165) is 17.7 Å². The summed E-state index contributed by atoms with van der Waals surface area (Å²) in [4.78, 5) is 23.5. The number of rotatable bonds is 5. The van der Waals surface area contributed by atoms with Crippen molar-refractivity contribution >= 4 is 11.7 Å². The molecular formula is C18H24N2O3. The van der Waals surface area contributed by atoms with E-state index in [1.165, 1.54) is 5.56 Å². The Labute approximate surface area is 137 Å². The van der Waals surface area contributed by atoms with E-state index >= 15 is 0 Å². The number of hydrogen-bond donors (Lipinski definition) is 2. The summed E-state index contributed by atoms with van der Waals surface area (Å²) in [5.41, 5.74) is 8.34. The molecule has 2 N–H and O–H groups in total. The normalized spacial score (nSPS) is 16.5. The Morgan fingerprint density at radius 2 is 1.96 bits per heavy atom. The third-order valence-corrected chi connectivity index (χ3v) is 3.87. The van der Waals surface area contributed by atoms with Crippen LogP contribution in [0.5, 0.6) is 5.75 Å². The Hall–Kier alpha value is -2.30. The Kier molecular flexibility index (Phi) is 5.08. The van der Waals surface area contributed by atoms with Crippen LogP contribution in [0.1, 0.15) is 37.8 Å². The Morgan fingerprint density at radius 1 is 1.22 bits per heavy atom. The van der Waals surface area contributed by atoms with Crippen molar-refractivity contribution in [3.63, 3.8) is 0 Å². The molecule has 2 rings (SSSR count). The number of aryl methyl sites for hydroxylation is 2. The number of ether oxygens (including phenoxy) is 1. The Balaban J connectivity index is 1.81. The lowest BCUT2D eigenvalue weighted by atomic mass is 9.79. The van der Waals surface area contributed by atoms with Crippen molar-refractivity contribution in [3.8, 4) is 5.75 Å². The highest BCUT2D eigenvalue weighted by Gasteiger charge is 2.27. The van der Waals surface area contributed by atoms with E-state index in [1.807, 2.05) is 45.9 Å². The molecule has 0 atom stereocenters. The molecule has 0 saturated heterocycles. The molecule has 0 aromatic heterocycles. The number of hydrazine groups is 1. The fourth-order valence-electron chi connectivity index (χ4n) is 2.57. The van der Waals surface area contributed by atoms with E-state index in [4.69, 9.17) is 4.74 Å². The summed E-state index contributed by atoms with van der Waals surface area (Å²) in [5.74, 6) is 0.445. The highest BCUT2D eigenvalue weighted by Crippen LogP contribution is 2.32. The van der Waals surface area contributed by atoms with Gasteiger partial charge >= 0.3 is 0 Å². The van der Waals surface area contributed by atoms with Gasteiger partial charge in [-0.15, -0.1) is 0 Å². The smallest absolute Gasteiger partial charge is 0.276 e. The van der Waals surface area contributed by atoms with Gasteiger partial charge in [-0.3, -0.25) is 15.0 Å². The van der Waals surface area contributed by atoms with Crippen LogP contribution in [0.2, 0.25) is 0 Å². The van der Waals surface area contributed by atoms with E-state index in [9.17, 15) is 9.59 Å². The number of carbonyl (C=O) groups is 2. The van der Waals surface area contributed by atoms with Crippen LogP contribution in [0.15, 0.2) is 30.0 Å². The van der Waals surface area contributed by atoms with Crippen LogP contribution in [0.3, 0.4) is 0 Å². The standard InChI is InChI=1S/C18H24N2O3/c1-12-5-6-16(7-13(12)2)23-11-17(22)20-19-14-8-15(21)10-18(3,4)9-14/h5-8,19H,9-11H2,1-4H3,(H,20,22). The predicted molar refractivity (Wildman–Crippen MR) is 88.8 cm³/mol. The summed E-state index contributed by atoms with van der Waals surface area (Å²) < 4.78 is 5.47. The van der Waals surface area contributed by atoms with E-state index in [0.29, 0.717) is 12.2 Å². The van der Waals surface area contributed by atoms with E-state index in [1.54, 1.807) is 6.08 Å². The second-order valence-corrected chi connectivity index (χ2v) is 6.86. The summed E-state index contributed by atoms with van der Waals surface area (Å²) in [7, 11) is 0. The topological polar surface area (TPSA) is 67.4 Å². The molecule has 0 unspecified atom stereocenters. The summed E-state index contributed by atoms with van der Waals surface area (Å²) >= 11 is 0. The zero-order valence-corrected chi connectivity index (χ0v) is 14.2. The fourth-order valence-corrected chi connectivity index (χ4v) is 2.57. The highest BCUT2D eigenvalue weighted by atomic mass is 16.5. The monoisotopic (exact) mass is 316 g/mol. The second-order valence-electron chi connectivity index (χ2n) is 6.86. The van der Waals surface area contributed by atoms with Gasteiger partial charge in [-0.05, 0) is 48.9 Å². The molecule has 0 heterocycles. The lowest BCUT2D eigenvalue weighted by Crippen LogP contribution is -2.42. The summed E-state index contributed by atoms with van der Waals surface area (Å²) in [6, 6.07) is 5.70. The van der Waals surface area contributed by atoms with Gasteiger partial charge in [0.15, 0.2) is 12.4 Å². The third-order valence-electron chi connectivity index (χ3n) is 3.87. The van der Waals surface area contributed by atoms with Crippen molar-refractivity contribution in [2.24, 2.45) is 5.41 Å². The molecule has 1 amide bonds. The van der Waals surface area contributed by atoms with Crippen molar-refractivity contribution in [2.75, 3.05) is 6.61 Å². The van der Waals surface area contributed by atoms with Crippen LogP contribution >= 0.6 is 0 Å². The first-order valence-electron chi connectivity index (χ1n) is 7.73. The largest absolute Gasteiger partial charge is 0.484 e. The van der Waals surface area contributed by atoms with Crippen LogP contribution in [0, 0.1) is 19.3 Å². The first kappa shape index (κ1) is 17.1. The molecule has 0 aliphatic heterocycles. The zero-order chi connectivity index (χ0) is 17.0. The molecule has 1 aromatic carbocycles. The van der Waals surface area contributed by atoms with Gasteiger partial charge in [-0.2, -0.15) is 0 Å². The number of benzene rings is 1. The van der Waals surface area contributed by atoms with Gasteiger partial charge in [0.05, 0.1) is 0 Å². The minimum atomic E-state index is -0.292. The number of ketones is 1. The molecule has 1 aliphatic carbocycles. The molecule has 0 bridgehead atoms. The molecule has 5 heteroatoms. The lowest BCUT2D eigenvalue weighted by Gasteiger charge is -2.29. The van der Waals surface area contributed by atoms with Crippen LogP contribution in [0.4, 0.5) is 0 Å². The Morgan fingerprint density at radius 3 is 2.61 bits per heavy atom. The van der Waals surface area contributed by atoms with Gasteiger partial charge in [0.2, 0.25) is 0 Å². The highest BCUT2D eigenvalue weighted by molar-refractivity contribution is 5.91. The molecule has 124 valence electrons. The van der Waals surface area contributed by atoms with Crippen molar-refractivity contribution in [2.45, 2.75) is 40.5 Å². The van der Waals surface area contributed by atoms with Crippen molar-refractivity contribution in [1.82, 2.24) is 10.9 Å². The predicted octanol–water partition coefficient (Wildman–Crippen LogP) is 2.58. The van der Waals surface area contributed by atoms with Crippen LogP contribution in [-0.4, -0.2) is 18.3 Å². The third kappa shape index (κ3) is 5.13. The molecule has 5 nitrogen and oxygen atoms in total. The number of allylic oxidation sites excluding steroid dienone is 2. The lowest BCUT2D eigenvalue weighted by molar-refractivity contribution is -0.124. The van der Waals surface area contributed by atoms with Gasteiger partial charge in [0, 0.05) is 18.2 Å². The first-order valence-corrected chi connectivity index (χ1v) is 7.73. The maximum atomic E-state index is 11.8. The van der Waals surface area contributed by atoms with Crippen molar-refractivity contribution in [3.05, 3.63) is 41.1 Å². The van der Waals surface area contributed by atoms with E-state index in [-0.39, 0.29) is 23.7 Å². The maximum Gasteiger partial charge on any atom is 0.276 e. The van der Waals surface area contributed by atoms with E-state index in [2.05, 4.69) is 10.9 Å². The molecule has 0 radical (unpaired) electrons. The summed E-state index contributed by atoms with van der Waals surface area (Å²) in [6.07, 6.45) is 2.80. The summed E-state index contributed by atoms with van der Waals surface area (Å²) in [5, 5.41) is 0. The average molecular weight is 316 g/mol. The van der Waals surface area contributed by atoms with Crippen molar-refractivity contribution in [1.29, 1.82) is 0 Å². The van der Waals surface area contributed by atoms with Gasteiger partial charge in [-0.1, -0.05) is 19.9 Å². The van der Waals surface area contributed by atoms with E-state index < -0.39 is 0 Å². The van der Waals surface area contributed by atoms with Gasteiger partial charge in [-0.25, -0.2) is 0 Å². The number of amides is 1. The summed E-state index contributed by atoms with van der Waals surface area (Å²) in [6.45, 7) is 8.00. The van der Waals surface area contributed by atoms with Gasteiger partial charge < -0.3 is 10.2 Å².